The summed E-state index contributed by atoms with van der Waals surface area (Å²) < 4.78 is 9.61. The summed E-state index contributed by atoms with van der Waals surface area (Å²) in [6.45, 7) is 1.33. The molecule has 0 radical (unpaired) electrons. The fraction of sp³-hybridized carbons (Fsp3) is 0.190. The molecule has 2 aliphatic rings. The Balaban J connectivity index is 1.51. The van der Waals surface area contributed by atoms with E-state index in [0.717, 1.165) is 15.4 Å². The van der Waals surface area contributed by atoms with Crippen molar-refractivity contribution >= 4 is 35.5 Å². The van der Waals surface area contributed by atoms with E-state index < -0.39 is 36.4 Å². The highest BCUT2D eigenvalue weighted by atomic mass is 16.6. The third-order valence-electron chi connectivity index (χ3n) is 4.87. The number of anilines is 1. The summed E-state index contributed by atoms with van der Waals surface area (Å²) in [5.74, 6) is -2.58. The number of esters is 1. The Kier molecular flexibility index (Phi) is 4.78. The number of amides is 4. The van der Waals surface area contributed by atoms with E-state index in [9.17, 15) is 24.0 Å². The minimum absolute atomic E-state index is 0.0123. The zero-order valence-corrected chi connectivity index (χ0v) is 15.9. The van der Waals surface area contributed by atoms with Gasteiger partial charge in [0.2, 0.25) is 0 Å². The van der Waals surface area contributed by atoms with Crippen LogP contribution in [0.4, 0.5) is 10.5 Å². The predicted octanol–water partition coefficient (Wildman–Crippen LogP) is 1.93. The number of ether oxygens (including phenoxy) is 2. The largest absolute Gasteiger partial charge is 0.452 e. The molecule has 4 amide bonds. The highest BCUT2D eigenvalue weighted by Crippen LogP contribution is 2.31. The van der Waals surface area contributed by atoms with E-state index in [4.69, 9.17) is 4.74 Å². The molecule has 4 rings (SSSR count). The molecule has 9 nitrogen and oxygen atoms in total. The molecule has 2 heterocycles. The molecule has 30 heavy (non-hydrogen) atoms. The summed E-state index contributed by atoms with van der Waals surface area (Å²) in [6, 6.07) is 11.0. The van der Waals surface area contributed by atoms with Crippen molar-refractivity contribution in [3.8, 4) is 0 Å². The quantitative estimate of drug-likeness (QED) is 0.561. The van der Waals surface area contributed by atoms with Crippen LogP contribution < -0.4 is 4.90 Å². The molecule has 2 aromatic carbocycles. The van der Waals surface area contributed by atoms with Gasteiger partial charge in [0.25, 0.3) is 17.7 Å². The molecule has 0 saturated carbocycles. The van der Waals surface area contributed by atoms with E-state index >= 15 is 0 Å². The number of para-hydroxylation sites is 1. The van der Waals surface area contributed by atoms with Crippen LogP contribution in [0.15, 0.2) is 42.5 Å². The summed E-state index contributed by atoms with van der Waals surface area (Å²) in [4.78, 5) is 63.1. The van der Waals surface area contributed by atoms with Crippen molar-refractivity contribution < 1.29 is 33.4 Å². The van der Waals surface area contributed by atoms with Crippen molar-refractivity contribution in [2.24, 2.45) is 0 Å². The van der Waals surface area contributed by atoms with E-state index in [-0.39, 0.29) is 29.8 Å². The maximum Gasteiger partial charge on any atom is 0.416 e. The molecule has 0 aromatic heterocycles. The summed E-state index contributed by atoms with van der Waals surface area (Å²) in [6.07, 6.45) is -0.783. The van der Waals surface area contributed by atoms with Gasteiger partial charge in [-0.1, -0.05) is 18.2 Å². The van der Waals surface area contributed by atoms with Crippen molar-refractivity contribution in [3.63, 3.8) is 0 Å². The number of carbonyl (C=O) groups is 5. The molecule has 0 unspecified atom stereocenters. The molecular formula is C21H16N2O7. The highest BCUT2D eigenvalue weighted by Gasteiger charge is 2.38. The first-order valence-corrected chi connectivity index (χ1v) is 9.11. The monoisotopic (exact) mass is 408 g/mol. The van der Waals surface area contributed by atoms with Gasteiger partial charge in [0.05, 0.1) is 28.9 Å². The van der Waals surface area contributed by atoms with Crippen LogP contribution in [-0.4, -0.2) is 54.4 Å². The summed E-state index contributed by atoms with van der Waals surface area (Å²) in [5.41, 5.74) is 1.49. The Morgan fingerprint density at radius 1 is 1.03 bits per heavy atom. The highest BCUT2D eigenvalue weighted by molar-refractivity contribution is 6.34. The van der Waals surface area contributed by atoms with Crippen LogP contribution >= 0.6 is 0 Å². The van der Waals surface area contributed by atoms with Crippen LogP contribution in [0.5, 0.6) is 0 Å². The Morgan fingerprint density at radius 2 is 1.77 bits per heavy atom. The van der Waals surface area contributed by atoms with Gasteiger partial charge in [-0.05, 0) is 36.8 Å². The zero-order chi connectivity index (χ0) is 21.4. The van der Waals surface area contributed by atoms with Gasteiger partial charge in [-0.15, -0.1) is 0 Å². The number of cyclic esters (lactones) is 1. The van der Waals surface area contributed by atoms with Crippen LogP contribution in [-0.2, 0) is 14.3 Å². The second-order valence-electron chi connectivity index (χ2n) is 6.73. The first kappa shape index (κ1) is 19.3. The smallest absolute Gasteiger partial charge is 0.416 e. The van der Waals surface area contributed by atoms with Gasteiger partial charge in [0.15, 0.2) is 6.61 Å². The molecule has 0 N–H and O–H groups in total. The van der Waals surface area contributed by atoms with E-state index in [1.165, 1.54) is 18.2 Å². The van der Waals surface area contributed by atoms with Crippen LogP contribution in [0.1, 0.15) is 36.6 Å². The lowest BCUT2D eigenvalue weighted by molar-refractivity contribution is -0.131. The summed E-state index contributed by atoms with van der Waals surface area (Å²) >= 11 is 0. The minimum Gasteiger partial charge on any atom is -0.452 e. The maximum absolute atomic E-state index is 12.9. The Hall–Kier alpha value is -4.01. The molecule has 2 aliphatic heterocycles. The van der Waals surface area contributed by atoms with Crippen molar-refractivity contribution in [2.45, 2.75) is 6.92 Å². The Bertz CT molecular complexity index is 1110. The number of aryl methyl sites for hydroxylation is 1. The number of fused-ring (bicyclic) bond motifs is 1. The molecule has 0 bridgehead atoms. The molecule has 0 spiro atoms. The van der Waals surface area contributed by atoms with Crippen molar-refractivity contribution in [1.29, 1.82) is 0 Å². The van der Waals surface area contributed by atoms with Crippen molar-refractivity contribution in [3.05, 3.63) is 64.7 Å². The number of hydrogen-bond donors (Lipinski definition) is 0. The normalized spacial score (nSPS) is 15.3. The number of nitrogens with zero attached hydrogens (tertiary/aromatic N) is 2. The van der Waals surface area contributed by atoms with Gasteiger partial charge in [0.1, 0.15) is 6.61 Å². The first-order valence-electron chi connectivity index (χ1n) is 9.11. The fourth-order valence-electron chi connectivity index (χ4n) is 3.31. The van der Waals surface area contributed by atoms with Crippen LogP contribution in [0.3, 0.4) is 0 Å². The fourth-order valence-corrected chi connectivity index (χ4v) is 3.31. The molecule has 0 atom stereocenters. The first-order chi connectivity index (χ1) is 14.4. The third kappa shape index (κ3) is 3.20. The van der Waals surface area contributed by atoms with E-state index in [1.54, 1.807) is 31.2 Å². The summed E-state index contributed by atoms with van der Waals surface area (Å²) in [5, 5.41) is 0. The second-order valence-corrected chi connectivity index (χ2v) is 6.73. The number of imide groups is 2. The molecule has 2 aromatic rings. The number of carbonyl (C=O) groups excluding carboxylic acids is 5. The topological polar surface area (TPSA) is 110 Å². The van der Waals surface area contributed by atoms with Crippen LogP contribution in [0.25, 0.3) is 0 Å². The average molecular weight is 408 g/mol. The molecule has 1 fully saturated rings. The lowest BCUT2D eigenvalue weighted by Gasteiger charge is -2.16. The Labute approximate surface area is 170 Å². The molecular weight excluding hydrogens is 392 g/mol. The van der Waals surface area contributed by atoms with Gasteiger partial charge < -0.3 is 9.47 Å². The molecule has 152 valence electrons. The number of rotatable bonds is 4. The van der Waals surface area contributed by atoms with E-state index in [0.29, 0.717) is 5.69 Å². The van der Waals surface area contributed by atoms with Crippen LogP contribution in [0, 0.1) is 6.92 Å². The SMILES string of the molecule is Cc1ccccc1N1C(=O)c2ccc(C(=O)OCC(=O)N3CCOC3=O)cc2C1=O. The predicted molar refractivity (Wildman–Crippen MR) is 102 cm³/mol. The minimum atomic E-state index is -0.853. The average Bonchev–Trinajstić information content (AvgIpc) is 3.28. The second kappa shape index (κ2) is 7.43. The maximum atomic E-state index is 12.9. The lowest BCUT2D eigenvalue weighted by Crippen LogP contribution is -2.35. The van der Waals surface area contributed by atoms with Gasteiger partial charge in [-0.25, -0.2) is 19.4 Å². The van der Waals surface area contributed by atoms with E-state index in [2.05, 4.69) is 4.74 Å². The number of benzene rings is 2. The van der Waals surface area contributed by atoms with Crippen molar-refractivity contribution in [1.82, 2.24) is 4.90 Å². The van der Waals surface area contributed by atoms with Gasteiger partial charge in [-0.2, -0.15) is 0 Å². The third-order valence-corrected chi connectivity index (χ3v) is 4.87. The standard InChI is InChI=1S/C21H16N2O7/c1-12-4-2-3-5-16(12)23-18(25)14-7-6-13(10-15(14)19(23)26)20(27)30-11-17(24)22-8-9-29-21(22)28/h2-7,10H,8-9,11H2,1H3. The zero-order valence-electron chi connectivity index (χ0n) is 15.9. The summed E-state index contributed by atoms with van der Waals surface area (Å²) in [7, 11) is 0. The van der Waals surface area contributed by atoms with Crippen LogP contribution in [0.2, 0.25) is 0 Å². The van der Waals surface area contributed by atoms with Gasteiger partial charge in [-0.3, -0.25) is 14.4 Å². The van der Waals surface area contributed by atoms with Gasteiger partial charge in [0, 0.05) is 0 Å². The Morgan fingerprint density at radius 3 is 2.47 bits per heavy atom. The lowest BCUT2D eigenvalue weighted by atomic mass is 10.1. The number of hydrogen-bond acceptors (Lipinski definition) is 7. The van der Waals surface area contributed by atoms with E-state index in [1.807, 2.05) is 0 Å². The molecule has 0 aliphatic carbocycles. The molecule has 9 heteroatoms. The molecule has 1 saturated heterocycles. The van der Waals surface area contributed by atoms with Gasteiger partial charge >= 0.3 is 12.1 Å². The van der Waals surface area contributed by atoms with Crippen molar-refractivity contribution in [2.75, 3.05) is 24.7 Å².